The summed E-state index contributed by atoms with van der Waals surface area (Å²) in [6.07, 6.45) is 1.46. The third-order valence-electron chi connectivity index (χ3n) is 3.69. The molecule has 0 aliphatic heterocycles. The summed E-state index contributed by atoms with van der Waals surface area (Å²) in [5.41, 5.74) is 0.649. The fourth-order valence-corrected chi connectivity index (χ4v) is 4.23. The molecule has 0 amide bonds. The molecule has 2 aromatic carbocycles. The Morgan fingerprint density at radius 1 is 1.09 bits per heavy atom. The van der Waals surface area contributed by atoms with Gasteiger partial charge in [-0.2, -0.15) is 4.31 Å². The Balaban J connectivity index is 1.95. The molecule has 0 aromatic heterocycles. The second-order valence-electron chi connectivity index (χ2n) is 5.48. The molecule has 0 N–H and O–H groups in total. The predicted octanol–water partition coefficient (Wildman–Crippen LogP) is 3.97. The minimum Gasteiger partial charge on any atom is -0.207 e. The van der Waals surface area contributed by atoms with Crippen molar-refractivity contribution < 1.29 is 17.2 Å². The number of hydrogen-bond acceptors (Lipinski definition) is 2. The molecule has 3 nitrogen and oxygen atoms in total. The highest BCUT2D eigenvalue weighted by molar-refractivity contribution is 7.89. The van der Waals surface area contributed by atoms with Crippen molar-refractivity contribution >= 4 is 21.6 Å². The zero-order chi connectivity index (χ0) is 16.6. The summed E-state index contributed by atoms with van der Waals surface area (Å²) < 4.78 is 53.9. The number of benzene rings is 2. The maximum absolute atomic E-state index is 14.0. The van der Waals surface area contributed by atoms with E-state index in [-0.39, 0.29) is 17.6 Å². The van der Waals surface area contributed by atoms with E-state index >= 15 is 0 Å². The Morgan fingerprint density at radius 3 is 2.30 bits per heavy atom. The van der Waals surface area contributed by atoms with Crippen molar-refractivity contribution in [1.82, 2.24) is 4.31 Å². The molecule has 0 atom stereocenters. The Bertz CT molecular complexity index is 820. The predicted molar refractivity (Wildman–Crippen MR) is 83.6 cm³/mol. The molecular weight excluding hydrogens is 344 g/mol. The van der Waals surface area contributed by atoms with E-state index < -0.39 is 26.6 Å². The lowest BCUT2D eigenvalue weighted by Gasteiger charge is -2.22. The van der Waals surface area contributed by atoms with Crippen molar-refractivity contribution in [1.29, 1.82) is 0 Å². The van der Waals surface area contributed by atoms with Crippen LogP contribution in [0.5, 0.6) is 0 Å². The van der Waals surface area contributed by atoms with Crippen LogP contribution in [0.1, 0.15) is 18.4 Å². The molecule has 1 saturated carbocycles. The van der Waals surface area contributed by atoms with E-state index in [1.54, 1.807) is 0 Å². The van der Waals surface area contributed by atoms with Gasteiger partial charge in [0.15, 0.2) is 0 Å². The SMILES string of the molecule is O=S(=O)(c1ccc(Cl)cc1F)N(Cc1ccc(F)cc1)C1CC1. The van der Waals surface area contributed by atoms with Crippen LogP contribution in [0.15, 0.2) is 47.4 Å². The highest BCUT2D eigenvalue weighted by atomic mass is 35.5. The van der Waals surface area contributed by atoms with Crippen LogP contribution in [-0.4, -0.2) is 18.8 Å². The van der Waals surface area contributed by atoms with Gasteiger partial charge in [0.2, 0.25) is 10.0 Å². The second-order valence-corrected chi connectivity index (χ2v) is 7.78. The molecule has 0 unspecified atom stereocenters. The molecule has 0 saturated heterocycles. The van der Waals surface area contributed by atoms with Crippen LogP contribution in [0.25, 0.3) is 0 Å². The van der Waals surface area contributed by atoms with E-state index in [0.717, 1.165) is 18.9 Å². The summed E-state index contributed by atoms with van der Waals surface area (Å²) in [5, 5.41) is 0.137. The Labute approximate surface area is 138 Å². The maximum atomic E-state index is 14.0. The van der Waals surface area contributed by atoms with Gasteiger partial charge in [-0.1, -0.05) is 23.7 Å². The molecule has 0 spiro atoms. The van der Waals surface area contributed by atoms with Crippen LogP contribution >= 0.6 is 11.6 Å². The lowest BCUT2D eigenvalue weighted by Crippen LogP contribution is -2.33. The number of nitrogens with zero attached hydrogens (tertiary/aromatic N) is 1. The van der Waals surface area contributed by atoms with Gasteiger partial charge >= 0.3 is 0 Å². The third-order valence-corrected chi connectivity index (χ3v) is 5.85. The van der Waals surface area contributed by atoms with E-state index in [1.807, 2.05) is 0 Å². The number of halogens is 3. The van der Waals surface area contributed by atoms with Crippen molar-refractivity contribution in [2.75, 3.05) is 0 Å². The van der Waals surface area contributed by atoms with Crippen molar-refractivity contribution in [3.63, 3.8) is 0 Å². The standard InChI is InChI=1S/C16H14ClF2NO2S/c17-12-3-8-16(15(19)9-12)23(21,22)20(14-6-7-14)10-11-1-4-13(18)5-2-11/h1-5,8-9,14H,6-7,10H2. The van der Waals surface area contributed by atoms with Gasteiger partial charge in [-0.15, -0.1) is 0 Å². The first-order valence-corrected chi connectivity index (χ1v) is 8.91. The molecule has 2 aromatic rings. The molecule has 122 valence electrons. The maximum Gasteiger partial charge on any atom is 0.246 e. The van der Waals surface area contributed by atoms with Gasteiger partial charge in [-0.25, -0.2) is 17.2 Å². The van der Waals surface area contributed by atoms with Gasteiger partial charge in [0.25, 0.3) is 0 Å². The molecule has 3 rings (SSSR count). The number of hydrogen-bond donors (Lipinski definition) is 0. The lowest BCUT2D eigenvalue weighted by molar-refractivity contribution is 0.395. The van der Waals surface area contributed by atoms with E-state index in [0.29, 0.717) is 5.56 Å². The summed E-state index contributed by atoms with van der Waals surface area (Å²) in [6, 6.07) is 8.95. The Hall–Kier alpha value is -1.50. The fourth-order valence-electron chi connectivity index (χ4n) is 2.35. The zero-order valence-corrected chi connectivity index (χ0v) is 13.6. The number of sulfonamides is 1. The minimum absolute atomic E-state index is 0.0787. The van der Waals surface area contributed by atoms with Crippen molar-refractivity contribution in [2.45, 2.75) is 30.3 Å². The van der Waals surface area contributed by atoms with E-state index in [4.69, 9.17) is 11.6 Å². The van der Waals surface area contributed by atoms with E-state index in [2.05, 4.69) is 0 Å². The quantitative estimate of drug-likeness (QED) is 0.812. The monoisotopic (exact) mass is 357 g/mol. The molecule has 7 heteroatoms. The van der Waals surface area contributed by atoms with Gasteiger partial charge in [0, 0.05) is 17.6 Å². The summed E-state index contributed by atoms with van der Waals surface area (Å²) in [6.45, 7) is 0.0787. The molecule has 0 heterocycles. The smallest absolute Gasteiger partial charge is 0.207 e. The van der Waals surface area contributed by atoms with Crippen LogP contribution in [0.2, 0.25) is 5.02 Å². The first-order chi connectivity index (χ1) is 10.9. The Kier molecular flexibility index (Phi) is 4.40. The average molecular weight is 358 g/mol. The zero-order valence-electron chi connectivity index (χ0n) is 12.0. The fraction of sp³-hybridized carbons (Fsp3) is 0.250. The first kappa shape index (κ1) is 16.4. The van der Waals surface area contributed by atoms with Crippen molar-refractivity contribution in [2.24, 2.45) is 0 Å². The topological polar surface area (TPSA) is 37.4 Å². The van der Waals surface area contributed by atoms with Gasteiger partial charge in [0.05, 0.1) is 0 Å². The molecule has 1 aliphatic rings. The highest BCUT2D eigenvalue weighted by Gasteiger charge is 2.39. The van der Waals surface area contributed by atoms with Gasteiger partial charge in [0.1, 0.15) is 16.5 Å². The molecule has 1 aliphatic carbocycles. The van der Waals surface area contributed by atoms with Crippen LogP contribution in [0, 0.1) is 11.6 Å². The van der Waals surface area contributed by atoms with Gasteiger partial charge < -0.3 is 0 Å². The summed E-state index contributed by atoms with van der Waals surface area (Å²) in [7, 11) is -3.99. The number of rotatable bonds is 5. The van der Waals surface area contributed by atoms with Gasteiger partial charge in [-0.05, 0) is 48.7 Å². The van der Waals surface area contributed by atoms with Gasteiger partial charge in [-0.3, -0.25) is 0 Å². The van der Waals surface area contributed by atoms with Crippen molar-refractivity contribution in [3.8, 4) is 0 Å². The average Bonchev–Trinajstić information content (AvgIpc) is 3.30. The summed E-state index contributed by atoms with van der Waals surface area (Å²) in [5.74, 6) is -1.26. The van der Waals surface area contributed by atoms with Crippen LogP contribution in [-0.2, 0) is 16.6 Å². The first-order valence-electron chi connectivity index (χ1n) is 7.09. The second kappa shape index (κ2) is 6.19. The molecule has 0 bridgehead atoms. The highest BCUT2D eigenvalue weighted by Crippen LogP contribution is 2.34. The normalized spacial score (nSPS) is 15.1. The van der Waals surface area contributed by atoms with Crippen LogP contribution < -0.4 is 0 Å². The van der Waals surface area contributed by atoms with E-state index in [9.17, 15) is 17.2 Å². The Morgan fingerprint density at radius 2 is 1.74 bits per heavy atom. The third kappa shape index (κ3) is 3.54. The molecule has 0 radical (unpaired) electrons. The van der Waals surface area contributed by atoms with Crippen molar-refractivity contribution in [3.05, 3.63) is 64.7 Å². The minimum atomic E-state index is -3.99. The molecular formula is C16H14ClF2NO2S. The van der Waals surface area contributed by atoms with Crippen LogP contribution in [0.4, 0.5) is 8.78 Å². The summed E-state index contributed by atoms with van der Waals surface area (Å²) in [4.78, 5) is -0.393. The molecule has 1 fully saturated rings. The summed E-state index contributed by atoms with van der Waals surface area (Å²) >= 11 is 5.68. The lowest BCUT2D eigenvalue weighted by atomic mass is 10.2. The molecule has 23 heavy (non-hydrogen) atoms. The van der Waals surface area contributed by atoms with Crippen LogP contribution in [0.3, 0.4) is 0 Å². The van der Waals surface area contributed by atoms with E-state index in [1.165, 1.54) is 40.7 Å². The largest absolute Gasteiger partial charge is 0.246 e.